The molecule has 0 atom stereocenters. The van der Waals surface area contributed by atoms with Gasteiger partial charge in [-0.3, -0.25) is 15.5 Å². The van der Waals surface area contributed by atoms with E-state index >= 15 is 0 Å². The number of benzene rings is 2. The first kappa shape index (κ1) is 14.4. The number of ether oxygens (including phenoxy) is 1. The largest absolute Gasteiger partial charge is 0.449 e. The molecule has 0 heterocycles. The van der Waals surface area contributed by atoms with E-state index in [1.165, 1.54) is 12.1 Å². The number of hydrogen-bond donors (Lipinski definition) is 2. The van der Waals surface area contributed by atoms with Crippen LogP contribution in [-0.2, 0) is 0 Å². The average molecular weight is 293 g/mol. The summed E-state index contributed by atoms with van der Waals surface area (Å²) in [5.74, 6) is -2.80. The van der Waals surface area contributed by atoms with Crippen molar-refractivity contribution in [2.45, 2.75) is 0 Å². The molecule has 2 aromatic carbocycles. The van der Waals surface area contributed by atoms with E-state index < -0.39 is 33.8 Å². The second kappa shape index (κ2) is 5.53. The molecule has 0 bridgehead atoms. The number of nitrogens with one attached hydrogen (secondary N) is 1. The highest BCUT2D eigenvalue weighted by molar-refractivity contribution is 5.98. The highest BCUT2D eigenvalue weighted by Gasteiger charge is 2.20. The van der Waals surface area contributed by atoms with Crippen LogP contribution in [0.3, 0.4) is 0 Å². The Labute approximate surface area is 117 Å². The molecule has 0 radical (unpaired) electrons. The maximum absolute atomic E-state index is 13.6. The Morgan fingerprint density at radius 1 is 1.24 bits per heavy atom. The number of amidine groups is 1. The van der Waals surface area contributed by atoms with Gasteiger partial charge in [-0.25, -0.2) is 8.78 Å². The van der Waals surface area contributed by atoms with Crippen molar-refractivity contribution in [1.29, 1.82) is 5.41 Å². The predicted molar refractivity (Wildman–Crippen MR) is 70.5 cm³/mol. The van der Waals surface area contributed by atoms with Gasteiger partial charge in [0, 0.05) is 12.1 Å². The van der Waals surface area contributed by atoms with Gasteiger partial charge in [0.15, 0.2) is 0 Å². The smallest absolute Gasteiger partial charge is 0.311 e. The van der Waals surface area contributed by atoms with E-state index in [2.05, 4.69) is 0 Å². The van der Waals surface area contributed by atoms with Crippen molar-refractivity contribution in [1.82, 2.24) is 0 Å². The van der Waals surface area contributed by atoms with Gasteiger partial charge in [0.05, 0.1) is 10.5 Å². The van der Waals surface area contributed by atoms with Crippen LogP contribution in [0.2, 0.25) is 0 Å². The quantitative estimate of drug-likeness (QED) is 0.391. The Hall–Kier alpha value is -3.03. The Morgan fingerprint density at radius 2 is 1.95 bits per heavy atom. The van der Waals surface area contributed by atoms with E-state index in [0.29, 0.717) is 0 Å². The van der Waals surface area contributed by atoms with Crippen LogP contribution in [-0.4, -0.2) is 10.8 Å². The molecule has 0 unspecified atom stereocenters. The molecular weight excluding hydrogens is 284 g/mol. The highest BCUT2D eigenvalue weighted by atomic mass is 19.1. The molecule has 108 valence electrons. The first-order valence-corrected chi connectivity index (χ1v) is 5.65. The lowest BCUT2D eigenvalue weighted by Crippen LogP contribution is -2.14. The van der Waals surface area contributed by atoms with Crippen molar-refractivity contribution in [3.05, 3.63) is 63.7 Å². The minimum Gasteiger partial charge on any atom is -0.449 e. The standard InChI is InChI=1S/C13H9F2N3O3/c14-7-4-5-9(18(19)20)11(6-7)21-10-3-1-2-8(15)12(10)13(16)17/h1-6H,(H3,16,17). The minimum atomic E-state index is -0.820. The van der Waals surface area contributed by atoms with Crippen molar-refractivity contribution >= 4 is 11.5 Å². The van der Waals surface area contributed by atoms with Crippen LogP contribution in [0, 0.1) is 27.2 Å². The molecular formula is C13H9F2N3O3. The average Bonchev–Trinajstić information content (AvgIpc) is 2.37. The fraction of sp³-hybridized carbons (Fsp3) is 0. The van der Waals surface area contributed by atoms with Gasteiger partial charge in [-0.15, -0.1) is 0 Å². The van der Waals surface area contributed by atoms with E-state index in [1.54, 1.807) is 0 Å². The zero-order valence-corrected chi connectivity index (χ0v) is 10.5. The second-order valence-corrected chi connectivity index (χ2v) is 4.00. The van der Waals surface area contributed by atoms with Crippen molar-refractivity contribution in [3.63, 3.8) is 0 Å². The third-order valence-corrected chi connectivity index (χ3v) is 2.58. The van der Waals surface area contributed by atoms with E-state index in [-0.39, 0.29) is 11.3 Å². The Morgan fingerprint density at radius 3 is 2.57 bits per heavy atom. The third kappa shape index (κ3) is 2.94. The number of nitro groups is 1. The molecule has 2 aromatic rings. The lowest BCUT2D eigenvalue weighted by atomic mass is 10.1. The number of rotatable bonds is 4. The Bertz CT molecular complexity index is 735. The molecule has 0 aliphatic rings. The lowest BCUT2D eigenvalue weighted by molar-refractivity contribution is -0.385. The van der Waals surface area contributed by atoms with Gasteiger partial charge in [0.1, 0.15) is 23.2 Å². The Kier molecular flexibility index (Phi) is 3.79. The van der Waals surface area contributed by atoms with E-state index in [9.17, 15) is 18.9 Å². The van der Waals surface area contributed by atoms with Gasteiger partial charge in [-0.2, -0.15) is 0 Å². The molecule has 0 spiro atoms. The molecule has 0 fully saturated rings. The summed E-state index contributed by atoms with van der Waals surface area (Å²) in [7, 11) is 0. The van der Waals surface area contributed by atoms with Crippen molar-refractivity contribution in [3.8, 4) is 11.5 Å². The van der Waals surface area contributed by atoms with E-state index in [4.69, 9.17) is 15.9 Å². The maximum Gasteiger partial charge on any atom is 0.311 e. The van der Waals surface area contributed by atoms with Crippen LogP contribution < -0.4 is 10.5 Å². The Balaban J connectivity index is 2.53. The van der Waals surface area contributed by atoms with Crippen molar-refractivity contribution in [2.75, 3.05) is 0 Å². The monoisotopic (exact) mass is 293 g/mol. The zero-order chi connectivity index (χ0) is 15.6. The summed E-state index contributed by atoms with van der Waals surface area (Å²) in [5.41, 5.74) is 4.41. The summed E-state index contributed by atoms with van der Waals surface area (Å²) >= 11 is 0. The number of nitrogens with zero attached hydrogens (tertiary/aromatic N) is 1. The summed E-state index contributed by atoms with van der Waals surface area (Å²) in [4.78, 5) is 10.1. The van der Waals surface area contributed by atoms with Crippen LogP contribution in [0.15, 0.2) is 36.4 Å². The zero-order valence-electron chi connectivity index (χ0n) is 10.5. The fourth-order valence-corrected chi connectivity index (χ4v) is 1.69. The summed E-state index contributed by atoms with van der Waals surface area (Å²) in [6.45, 7) is 0. The highest BCUT2D eigenvalue weighted by Crippen LogP contribution is 2.34. The van der Waals surface area contributed by atoms with E-state index in [0.717, 1.165) is 24.3 Å². The molecule has 0 saturated heterocycles. The molecule has 6 nitrogen and oxygen atoms in total. The molecule has 2 rings (SSSR count). The van der Waals surface area contributed by atoms with Crippen LogP contribution in [0.4, 0.5) is 14.5 Å². The molecule has 21 heavy (non-hydrogen) atoms. The molecule has 0 aliphatic heterocycles. The predicted octanol–water partition coefficient (Wildman–Crippen LogP) is 2.95. The molecule has 0 saturated carbocycles. The first-order chi connectivity index (χ1) is 9.90. The molecule has 8 heteroatoms. The summed E-state index contributed by atoms with van der Waals surface area (Å²) in [6.07, 6.45) is 0. The van der Waals surface area contributed by atoms with Gasteiger partial charge in [0.2, 0.25) is 5.75 Å². The summed E-state index contributed by atoms with van der Waals surface area (Å²) < 4.78 is 32.0. The van der Waals surface area contributed by atoms with E-state index in [1.807, 2.05) is 0 Å². The van der Waals surface area contributed by atoms with Gasteiger partial charge >= 0.3 is 5.69 Å². The van der Waals surface area contributed by atoms with Gasteiger partial charge in [0.25, 0.3) is 0 Å². The van der Waals surface area contributed by atoms with Crippen molar-refractivity contribution in [2.24, 2.45) is 5.73 Å². The SMILES string of the molecule is N=C(N)c1c(F)cccc1Oc1cc(F)ccc1[N+](=O)[O-]. The number of nitrogens with two attached hydrogens (primary N) is 1. The molecule has 0 aromatic heterocycles. The molecule has 0 aliphatic carbocycles. The number of nitro benzene ring substituents is 1. The normalized spacial score (nSPS) is 10.2. The number of hydrogen-bond acceptors (Lipinski definition) is 4. The van der Waals surface area contributed by atoms with Gasteiger partial charge < -0.3 is 10.5 Å². The summed E-state index contributed by atoms with van der Waals surface area (Å²) in [6, 6.07) is 6.24. The van der Waals surface area contributed by atoms with Crippen LogP contribution in [0.5, 0.6) is 11.5 Å². The third-order valence-electron chi connectivity index (χ3n) is 2.58. The van der Waals surface area contributed by atoms with Crippen LogP contribution in [0.1, 0.15) is 5.56 Å². The molecule has 0 amide bonds. The number of halogens is 2. The minimum absolute atomic E-state index is 0.212. The summed E-state index contributed by atoms with van der Waals surface area (Å²) in [5, 5.41) is 18.2. The second-order valence-electron chi connectivity index (χ2n) is 4.00. The fourth-order valence-electron chi connectivity index (χ4n) is 1.69. The van der Waals surface area contributed by atoms with Gasteiger partial charge in [-0.1, -0.05) is 6.07 Å². The lowest BCUT2D eigenvalue weighted by Gasteiger charge is -2.11. The van der Waals surface area contributed by atoms with Crippen molar-refractivity contribution < 1.29 is 18.4 Å². The van der Waals surface area contributed by atoms with Gasteiger partial charge in [-0.05, 0) is 18.2 Å². The molecule has 3 N–H and O–H groups in total. The van der Waals surface area contributed by atoms with Crippen LogP contribution >= 0.6 is 0 Å². The van der Waals surface area contributed by atoms with Crippen LogP contribution in [0.25, 0.3) is 0 Å². The maximum atomic E-state index is 13.6. The number of nitrogen functional groups attached to an aromatic ring is 1. The topological polar surface area (TPSA) is 102 Å². The first-order valence-electron chi connectivity index (χ1n) is 5.65.